The Labute approximate surface area is 123 Å². The molecule has 0 spiro atoms. The monoisotopic (exact) mass is 294 g/mol. The van der Waals surface area contributed by atoms with Gasteiger partial charge in [-0.15, -0.1) is 0 Å². The van der Waals surface area contributed by atoms with E-state index in [1.807, 2.05) is 0 Å². The summed E-state index contributed by atoms with van der Waals surface area (Å²) in [6.07, 6.45) is 0. The Balaban J connectivity index is 3.87. The molecule has 0 aromatic heterocycles. The lowest BCUT2D eigenvalue weighted by Gasteiger charge is -2.18. The van der Waals surface area contributed by atoms with Crippen molar-refractivity contribution in [2.24, 2.45) is 0 Å². The van der Waals surface area contributed by atoms with Crippen molar-refractivity contribution < 1.29 is 28.6 Å². The van der Waals surface area contributed by atoms with Gasteiger partial charge in [0.25, 0.3) is 0 Å². The fourth-order valence-corrected chi connectivity index (χ4v) is 2.44. The molecule has 21 heavy (non-hydrogen) atoms. The highest BCUT2D eigenvalue weighted by Crippen LogP contribution is 2.29. The zero-order valence-corrected chi connectivity index (χ0v) is 12.9. The molecule has 114 valence electrons. The van der Waals surface area contributed by atoms with Gasteiger partial charge in [-0.1, -0.05) is 0 Å². The third-order valence-electron chi connectivity index (χ3n) is 3.42. The summed E-state index contributed by atoms with van der Waals surface area (Å²) in [5, 5.41) is 0. The maximum atomic E-state index is 12.0. The number of esters is 3. The maximum absolute atomic E-state index is 12.0. The van der Waals surface area contributed by atoms with Gasteiger partial charge in [-0.2, -0.15) is 0 Å². The summed E-state index contributed by atoms with van der Waals surface area (Å²) in [7, 11) is 3.70. The van der Waals surface area contributed by atoms with Gasteiger partial charge < -0.3 is 14.2 Å². The molecule has 0 atom stereocenters. The lowest BCUT2D eigenvalue weighted by Crippen LogP contribution is -2.19. The highest BCUT2D eigenvalue weighted by atomic mass is 16.5. The molecule has 1 rings (SSSR count). The third kappa shape index (κ3) is 2.74. The van der Waals surface area contributed by atoms with Gasteiger partial charge in [-0.3, -0.25) is 0 Å². The van der Waals surface area contributed by atoms with Crippen LogP contribution in [-0.2, 0) is 14.2 Å². The van der Waals surface area contributed by atoms with Gasteiger partial charge in [0.1, 0.15) is 0 Å². The molecule has 0 amide bonds. The molecule has 0 saturated carbocycles. The van der Waals surface area contributed by atoms with Gasteiger partial charge in [-0.05, 0) is 37.5 Å². The lowest BCUT2D eigenvalue weighted by molar-refractivity contribution is 0.0594. The SMILES string of the molecule is COC(=O)c1c(C)c(C(=O)OC)c(C)c(C(=O)OC)c1C. The van der Waals surface area contributed by atoms with Crippen molar-refractivity contribution in [3.05, 3.63) is 33.4 Å². The Morgan fingerprint density at radius 2 is 0.762 bits per heavy atom. The van der Waals surface area contributed by atoms with Gasteiger partial charge in [0, 0.05) is 0 Å². The van der Waals surface area contributed by atoms with E-state index in [-0.39, 0.29) is 16.7 Å². The maximum Gasteiger partial charge on any atom is 0.338 e. The summed E-state index contributed by atoms with van der Waals surface area (Å²) in [5.74, 6) is -1.87. The molecular weight excluding hydrogens is 276 g/mol. The molecular formula is C15H18O6. The van der Waals surface area contributed by atoms with E-state index in [1.54, 1.807) is 20.8 Å². The van der Waals surface area contributed by atoms with Crippen molar-refractivity contribution in [1.29, 1.82) is 0 Å². The van der Waals surface area contributed by atoms with E-state index in [0.717, 1.165) is 0 Å². The summed E-state index contributed by atoms with van der Waals surface area (Å²) in [6, 6.07) is 0. The molecule has 0 heterocycles. The smallest absolute Gasteiger partial charge is 0.338 e. The van der Waals surface area contributed by atoms with Gasteiger partial charge in [0.2, 0.25) is 0 Å². The molecule has 0 aliphatic rings. The molecule has 1 aromatic carbocycles. The number of methoxy groups -OCH3 is 3. The first kappa shape index (κ1) is 16.7. The number of ether oxygens (including phenoxy) is 3. The molecule has 0 aliphatic carbocycles. The Hall–Kier alpha value is -2.37. The summed E-state index contributed by atoms with van der Waals surface area (Å²) in [5.41, 5.74) is 1.75. The van der Waals surface area contributed by atoms with Crippen molar-refractivity contribution in [2.75, 3.05) is 21.3 Å². The minimum absolute atomic E-state index is 0.170. The quantitative estimate of drug-likeness (QED) is 0.626. The van der Waals surface area contributed by atoms with Crippen molar-refractivity contribution >= 4 is 17.9 Å². The zero-order chi connectivity index (χ0) is 16.3. The fourth-order valence-electron chi connectivity index (χ4n) is 2.44. The normalized spacial score (nSPS) is 10.0. The van der Waals surface area contributed by atoms with Gasteiger partial charge in [0.05, 0.1) is 38.0 Å². The summed E-state index contributed by atoms with van der Waals surface area (Å²) < 4.78 is 14.2. The molecule has 0 aliphatic heterocycles. The third-order valence-corrected chi connectivity index (χ3v) is 3.42. The van der Waals surface area contributed by atoms with Crippen LogP contribution in [-0.4, -0.2) is 39.2 Å². The van der Waals surface area contributed by atoms with Gasteiger partial charge >= 0.3 is 17.9 Å². The first-order valence-electron chi connectivity index (χ1n) is 6.20. The molecule has 0 unspecified atom stereocenters. The van der Waals surface area contributed by atoms with Crippen molar-refractivity contribution in [3.63, 3.8) is 0 Å². The second kappa shape index (κ2) is 6.39. The second-order valence-corrected chi connectivity index (χ2v) is 4.47. The number of hydrogen-bond acceptors (Lipinski definition) is 6. The van der Waals surface area contributed by atoms with Gasteiger partial charge in [0.15, 0.2) is 0 Å². The molecule has 1 aromatic rings. The second-order valence-electron chi connectivity index (χ2n) is 4.47. The largest absolute Gasteiger partial charge is 0.465 e. The van der Waals surface area contributed by atoms with Crippen LogP contribution < -0.4 is 0 Å². The van der Waals surface area contributed by atoms with Crippen LogP contribution in [0.4, 0.5) is 0 Å². The molecule has 0 saturated heterocycles. The average molecular weight is 294 g/mol. The summed E-state index contributed by atoms with van der Waals surface area (Å²) in [4.78, 5) is 35.9. The molecule has 6 heteroatoms. The molecule has 0 bridgehead atoms. The van der Waals surface area contributed by atoms with Gasteiger partial charge in [-0.25, -0.2) is 14.4 Å². The topological polar surface area (TPSA) is 78.9 Å². The van der Waals surface area contributed by atoms with Crippen LogP contribution in [0.25, 0.3) is 0 Å². The number of rotatable bonds is 3. The minimum atomic E-state index is -0.625. The van der Waals surface area contributed by atoms with E-state index < -0.39 is 17.9 Å². The highest BCUT2D eigenvalue weighted by Gasteiger charge is 2.28. The fraction of sp³-hybridized carbons (Fsp3) is 0.400. The minimum Gasteiger partial charge on any atom is -0.465 e. The van der Waals surface area contributed by atoms with Crippen LogP contribution in [0, 0.1) is 20.8 Å². The lowest BCUT2D eigenvalue weighted by atomic mass is 9.88. The Bertz CT molecular complexity index is 508. The Morgan fingerprint density at radius 1 is 0.571 bits per heavy atom. The molecule has 0 N–H and O–H groups in total. The van der Waals surface area contributed by atoms with E-state index in [1.165, 1.54) is 21.3 Å². The molecule has 0 radical (unpaired) electrons. The van der Waals surface area contributed by atoms with E-state index in [4.69, 9.17) is 14.2 Å². The van der Waals surface area contributed by atoms with E-state index in [9.17, 15) is 14.4 Å². The van der Waals surface area contributed by atoms with Crippen LogP contribution in [0.5, 0.6) is 0 Å². The summed E-state index contributed by atoms with van der Waals surface area (Å²) in [6.45, 7) is 4.83. The highest BCUT2D eigenvalue weighted by molar-refractivity contribution is 6.05. The van der Waals surface area contributed by atoms with Crippen molar-refractivity contribution in [2.45, 2.75) is 20.8 Å². The van der Waals surface area contributed by atoms with Crippen LogP contribution in [0.2, 0.25) is 0 Å². The number of benzene rings is 1. The zero-order valence-electron chi connectivity index (χ0n) is 12.9. The van der Waals surface area contributed by atoms with Crippen LogP contribution in [0.3, 0.4) is 0 Å². The predicted molar refractivity (Wildman–Crippen MR) is 74.7 cm³/mol. The standard InChI is InChI=1S/C15H18O6/c1-7-10(13(16)19-4)8(2)12(15(18)21-6)9(3)11(7)14(17)20-5/h1-6H3. The van der Waals surface area contributed by atoms with E-state index >= 15 is 0 Å². The van der Waals surface area contributed by atoms with Crippen molar-refractivity contribution in [3.8, 4) is 0 Å². The molecule has 6 nitrogen and oxygen atoms in total. The average Bonchev–Trinajstić information content (AvgIpc) is 2.46. The summed E-state index contributed by atoms with van der Waals surface area (Å²) >= 11 is 0. The van der Waals surface area contributed by atoms with Crippen molar-refractivity contribution in [1.82, 2.24) is 0 Å². The van der Waals surface area contributed by atoms with Crippen LogP contribution in [0.1, 0.15) is 47.8 Å². The Morgan fingerprint density at radius 3 is 0.905 bits per heavy atom. The van der Waals surface area contributed by atoms with Crippen LogP contribution in [0.15, 0.2) is 0 Å². The van der Waals surface area contributed by atoms with E-state index in [0.29, 0.717) is 16.7 Å². The predicted octanol–water partition coefficient (Wildman–Crippen LogP) is 1.97. The number of carbonyl (C=O) groups excluding carboxylic acids is 3. The number of hydrogen-bond donors (Lipinski definition) is 0. The molecule has 0 fully saturated rings. The first-order valence-corrected chi connectivity index (χ1v) is 6.20. The Kier molecular flexibility index (Phi) is 5.07. The van der Waals surface area contributed by atoms with E-state index in [2.05, 4.69) is 0 Å². The van der Waals surface area contributed by atoms with Crippen LogP contribution >= 0.6 is 0 Å². The first-order chi connectivity index (χ1) is 9.81. The number of carbonyl (C=O) groups is 3.